The minimum Gasteiger partial charge on any atom is -0.383 e. The molecule has 164 valence electrons. The molecule has 3 N–H and O–H groups in total. The Morgan fingerprint density at radius 3 is 2.60 bits per heavy atom. The maximum atomic E-state index is 12.4. The number of nitrogens with one attached hydrogen (secondary N) is 3. The molecule has 0 heterocycles. The van der Waals surface area contributed by atoms with Gasteiger partial charge >= 0.3 is 0 Å². The number of rotatable bonds is 10. The van der Waals surface area contributed by atoms with E-state index in [1.807, 2.05) is 13.0 Å². The summed E-state index contributed by atoms with van der Waals surface area (Å²) in [5.41, 5.74) is 4.50. The molecule has 0 bridgehead atoms. The molecule has 0 unspecified atom stereocenters. The minimum absolute atomic E-state index is 0.222. The van der Waals surface area contributed by atoms with Crippen LogP contribution in [-0.4, -0.2) is 41.2 Å². The summed E-state index contributed by atoms with van der Waals surface area (Å²) in [6.45, 7) is 8.50. The van der Waals surface area contributed by atoms with Crippen molar-refractivity contribution in [2.24, 2.45) is 4.99 Å². The molecule has 2 rings (SSSR count). The molecule has 30 heavy (non-hydrogen) atoms. The number of aliphatic imine (C=N–C) groups is 1. The van der Waals surface area contributed by atoms with E-state index in [9.17, 15) is 8.42 Å². The first kappa shape index (κ1) is 23.9. The van der Waals surface area contributed by atoms with Gasteiger partial charge in [-0.25, -0.2) is 18.1 Å². The normalized spacial score (nSPS) is 12.1. The van der Waals surface area contributed by atoms with Gasteiger partial charge in [-0.15, -0.1) is 0 Å². The fourth-order valence-electron chi connectivity index (χ4n) is 2.91. The number of benzene rings is 2. The van der Waals surface area contributed by atoms with Gasteiger partial charge in [0.15, 0.2) is 5.96 Å². The standard InChI is InChI=1S/C22H32N4O3S/c1-5-23-22(25-16-20-10-9-17(2)13-18(20)3)24-15-19-7-6-8-21(14-19)30(27,28)26-11-12-29-4/h6-10,13-14,26H,5,11-12,15-16H2,1-4H3,(H2,23,24,25). The predicted octanol–water partition coefficient (Wildman–Crippen LogP) is 2.48. The van der Waals surface area contributed by atoms with Gasteiger partial charge in [0.2, 0.25) is 10.0 Å². The first-order valence-corrected chi connectivity index (χ1v) is 11.5. The van der Waals surface area contributed by atoms with Gasteiger partial charge in [-0.1, -0.05) is 35.9 Å². The van der Waals surface area contributed by atoms with E-state index in [0.29, 0.717) is 25.7 Å². The molecule has 0 atom stereocenters. The van der Waals surface area contributed by atoms with E-state index in [1.54, 1.807) is 18.2 Å². The van der Waals surface area contributed by atoms with Crippen LogP contribution >= 0.6 is 0 Å². The monoisotopic (exact) mass is 432 g/mol. The molecule has 0 radical (unpaired) electrons. The van der Waals surface area contributed by atoms with Gasteiger partial charge < -0.3 is 15.4 Å². The van der Waals surface area contributed by atoms with Gasteiger partial charge in [-0.05, 0) is 49.6 Å². The van der Waals surface area contributed by atoms with Crippen LogP contribution in [0.2, 0.25) is 0 Å². The summed E-state index contributed by atoms with van der Waals surface area (Å²) < 4.78 is 32.2. The quantitative estimate of drug-likeness (QED) is 0.305. The summed E-state index contributed by atoms with van der Waals surface area (Å²) in [4.78, 5) is 4.83. The molecule has 0 aliphatic heterocycles. The van der Waals surface area contributed by atoms with Crippen LogP contribution in [-0.2, 0) is 27.8 Å². The molecule has 0 aromatic heterocycles. The van der Waals surface area contributed by atoms with Crippen LogP contribution in [0.3, 0.4) is 0 Å². The lowest BCUT2D eigenvalue weighted by Crippen LogP contribution is -2.37. The Labute approximate surface area is 180 Å². The molecule has 0 saturated carbocycles. The van der Waals surface area contributed by atoms with Gasteiger partial charge in [0.25, 0.3) is 0 Å². The summed E-state index contributed by atoms with van der Waals surface area (Å²) in [6, 6.07) is 13.2. The molecule has 8 heteroatoms. The highest BCUT2D eigenvalue weighted by atomic mass is 32.2. The highest BCUT2D eigenvalue weighted by Crippen LogP contribution is 2.13. The minimum atomic E-state index is -3.57. The molecule has 0 amide bonds. The van der Waals surface area contributed by atoms with Crippen molar-refractivity contribution in [3.8, 4) is 0 Å². The van der Waals surface area contributed by atoms with E-state index in [-0.39, 0.29) is 11.4 Å². The van der Waals surface area contributed by atoms with E-state index in [2.05, 4.69) is 52.4 Å². The summed E-state index contributed by atoms with van der Waals surface area (Å²) in [5.74, 6) is 0.684. The second-order valence-electron chi connectivity index (χ2n) is 7.02. The maximum Gasteiger partial charge on any atom is 0.240 e. The molecule has 7 nitrogen and oxygen atoms in total. The van der Waals surface area contributed by atoms with Crippen LogP contribution in [0.5, 0.6) is 0 Å². The zero-order valence-electron chi connectivity index (χ0n) is 18.2. The Balaban J connectivity index is 2.06. The first-order chi connectivity index (χ1) is 14.4. The van der Waals surface area contributed by atoms with Crippen molar-refractivity contribution in [2.45, 2.75) is 38.8 Å². The van der Waals surface area contributed by atoms with Crippen molar-refractivity contribution in [3.63, 3.8) is 0 Å². The molecular formula is C22H32N4O3S. The number of ether oxygens (including phenoxy) is 1. The number of aryl methyl sites for hydroxylation is 2. The number of sulfonamides is 1. The molecular weight excluding hydrogens is 400 g/mol. The predicted molar refractivity (Wildman–Crippen MR) is 121 cm³/mol. The van der Waals surface area contributed by atoms with E-state index >= 15 is 0 Å². The smallest absolute Gasteiger partial charge is 0.240 e. The van der Waals surface area contributed by atoms with Gasteiger partial charge in [0.1, 0.15) is 0 Å². The Hall–Kier alpha value is -2.42. The molecule has 0 aliphatic carbocycles. The van der Waals surface area contributed by atoms with Crippen LogP contribution in [0, 0.1) is 13.8 Å². The third-order valence-corrected chi connectivity index (χ3v) is 5.97. The largest absolute Gasteiger partial charge is 0.383 e. The third kappa shape index (κ3) is 7.44. The average molecular weight is 433 g/mol. The SMILES string of the molecule is CCNC(=NCc1cccc(S(=O)(=O)NCCOC)c1)NCc1ccc(C)cc1C. The number of guanidine groups is 1. The zero-order valence-corrected chi connectivity index (χ0v) is 19.0. The number of hydrogen-bond donors (Lipinski definition) is 3. The highest BCUT2D eigenvalue weighted by molar-refractivity contribution is 7.89. The van der Waals surface area contributed by atoms with Crippen molar-refractivity contribution >= 4 is 16.0 Å². The van der Waals surface area contributed by atoms with Gasteiger partial charge in [0.05, 0.1) is 18.0 Å². The van der Waals surface area contributed by atoms with Crippen LogP contribution < -0.4 is 15.4 Å². The summed E-state index contributed by atoms with van der Waals surface area (Å²) in [5, 5.41) is 6.57. The van der Waals surface area contributed by atoms with Crippen LogP contribution in [0.25, 0.3) is 0 Å². The molecule has 0 spiro atoms. The number of methoxy groups -OCH3 is 1. The van der Waals surface area contributed by atoms with E-state index in [4.69, 9.17) is 4.74 Å². The van der Waals surface area contributed by atoms with Gasteiger partial charge in [-0.2, -0.15) is 0 Å². The molecule has 0 fully saturated rings. The van der Waals surface area contributed by atoms with Crippen molar-refractivity contribution in [3.05, 3.63) is 64.7 Å². The lowest BCUT2D eigenvalue weighted by atomic mass is 10.1. The van der Waals surface area contributed by atoms with Gasteiger partial charge in [-0.3, -0.25) is 0 Å². The molecule has 2 aromatic rings. The fourth-order valence-corrected chi connectivity index (χ4v) is 3.99. The van der Waals surface area contributed by atoms with E-state index < -0.39 is 10.0 Å². The zero-order chi connectivity index (χ0) is 22.0. The van der Waals surface area contributed by atoms with Crippen LogP contribution in [0.15, 0.2) is 52.4 Å². The van der Waals surface area contributed by atoms with Crippen molar-refractivity contribution < 1.29 is 13.2 Å². The molecule has 0 aliphatic rings. The first-order valence-electron chi connectivity index (χ1n) is 10.0. The maximum absolute atomic E-state index is 12.4. The van der Waals surface area contributed by atoms with E-state index in [1.165, 1.54) is 23.8 Å². The number of hydrogen-bond acceptors (Lipinski definition) is 4. The Kier molecular flexibility index (Phi) is 9.29. The highest BCUT2D eigenvalue weighted by Gasteiger charge is 2.13. The Morgan fingerprint density at radius 2 is 1.90 bits per heavy atom. The Bertz CT molecular complexity index is 959. The fraction of sp³-hybridized carbons (Fsp3) is 0.409. The molecule has 2 aromatic carbocycles. The topological polar surface area (TPSA) is 91.8 Å². The van der Waals surface area contributed by atoms with Crippen molar-refractivity contribution in [1.82, 2.24) is 15.4 Å². The average Bonchev–Trinajstić information content (AvgIpc) is 2.71. The third-order valence-electron chi connectivity index (χ3n) is 4.52. The van der Waals surface area contributed by atoms with Crippen LogP contribution in [0.4, 0.5) is 0 Å². The second-order valence-corrected chi connectivity index (χ2v) is 8.78. The van der Waals surface area contributed by atoms with E-state index in [0.717, 1.165) is 12.1 Å². The van der Waals surface area contributed by atoms with Crippen molar-refractivity contribution in [1.29, 1.82) is 0 Å². The summed E-state index contributed by atoms with van der Waals surface area (Å²) >= 11 is 0. The Morgan fingerprint density at radius 1 is 1.10 bits per heavy atom. The lowest BCUT2D eigenvalue weighted by molar-refractivity contribution is 0.204. The van der Waals surface area contributed by atoms with Crippen molar-refractivity contribution in [2.75, 3.05) is 26.8 Å². The molecule has 0 saturated heterocycles. The number of nitrogens with zero attached hydrogens (tertiary/aromatic N) is 1. The van der Waals surface area contributed by atoms with Gasteiger partial charge in [0, 0.05) is 26.7 Å². The van der Waals surface area contributed by atoms with Crippen LogP contribution in [0.1, 0.15) is 29.2 Å². The summed E-state index contributed by atoms with van der Waals surface area (Å²) in [6.07, 6.45) is 0. The summed E-state index contributed by atoms with van der Waals surface area (Å²) in [7, 11) is -2.04. The lowest BCUT2D eigenvalue weighted by Gasteiger charge is -2.13. The second kappa shape index (κ2) is 11.7.